The van der Waals surface area contributed by atoms with E-state index in [0.29, 0.717) is 31.4 Å². The number of benzene rings is 1. The van der Waals surface area contributed by atoms with Gasteiger partial charge in [0.25, 0.3) is 11.1 Å². The Morgan fingerprint density at radius 3 is 2.52 bits per heavy atom. The summed E-state index contributed by atoms with van der Waals surface area (Å²) in [6, 6.07) is 6.46. The van der Waals surface area contributed by atoms with Gasteiger partial charge in [-0.25, -0.2) is 4.68 Å². The quantitative estimate of drug-likeness (QED) is 0.662. The number of carboxylic acids is 1. The zero-order chi connectivity index (χ0) is 19.4. The molecule has 1 amide bonds. The SMILES string of the molecule is O=C(O)CC1(NC(=O)CCn2[nH]c(=O)c3ccccc3c2=O)CCOCC1. The highest BCUT2D eigenvalue weighted by molar-refractivity contribution is 5.80. The molecule has 0 bridgehead atoms. The van der Waals surface area contributed by atoms with Crippen LogP contribution < -0.4 is 16.4 Å². The van der Waals surface area contributed by atoms with Crippen LogP contribution in [0.1, 0.15) is 25.7 Å². The molecule has 3 N–H and O–H groups in total. The highest BCUT2D eigenvalue weighted by atomic mass is 16.5. The summed E-state index contributed by atoms with van der Waals surface area (Å²) in [5.74, 6) is -1.37. The fourth-order valence-electron chi connectivity index (χ4n) is 3.37. The van der Waals surface area contributed by atoms with E-state index in [9.17, 15) is 19.2 Å². The molecule has 1 aliphatic rings. The first-order valence-corrected chi connectivity index (χ1v) is 8.73. The predicted octanol–water partition coefficient (Wildman–Crippen LogP) is 0.220. The van der Waals surface area contributed by atoms with Crippen molar-refractivity contribution < 1.29 is 19.4 Å². The van der Waals surface area contributed by atoms with Crippen LogP contribution in [0.3, 0.4) is 0 Å². The van der Waals surface area contributed by atoms with Gasteiger partial charge >= 0.3 is 5.97 Å². The summed E-state index contributed by atoms with van der Waals surface area (Å²) in [6.45, 7) is 0.750. The molecule has 0 aliphatic carbocycles. The Balaban J connectivity index is 1.73. The minimum absolute atomic E-state index is 0.00953. The third kappa shape index (κ3) is 4.25. The summed E-state index contributed by atoms with van der Waals surface area (Å²) in [5, 5.41) is 15.0. The molecular weight excluding hydrogens is 354 g/mol. The first kappa shape index (κ1) is 18.8. The standard InChI is InChI=1S/C18H21N3O6/c22-14(19-18(11-15(23)24)6-9-27-10-7-18)5-8-21-17(26)13-4-2-1-3-12(13)16(25)20-21/h1-4H,5-11H2,(H,19,22)(H,20,25)(H,23,24). The smallest absolute Gasteiger partial charge is 0.305 e. The molecule has 2 aromatic rings. The molecule has 0 spiro atoms. The molecule has 9 nitrogen and oxygen atoms in total. The molecule has 0 atom stereocenters. The van der Waals surface area contributed by atoms with Crippen LogP contribution in [0.2, 0.25) is 0 Å². The van der Waals surface area contributed by atoms with E-state index in [-0.39, 0.29) is 36.2 Å². The number of aromatic amines is 1. The molecule has 1 saturated heterocycles. The molecule has 144 valence electrons. The number of aliphatic carboxylic acids is 1. The van der Waals surface area contributed by atoms with Gasteiger partial charge in [-0.15, -0.1) is 0 Å². The summed E-state index contributed by atoms with van der Waals surface area (Å²) in [7, 11) is 0. The molecule has 1 aliphatic heterocycles. The number of hydrogen-bond acceptors (Lipinski definition) is 5. The number of carboxylic acid groups (broad SMARTS) is 1. The van der Waals surface area contributed by atoms with Crippen molar-refractivity contribution in [2.45, 2.75) is 37.8 Å². The Labute approximate surface area is 153 Å². The van der Waals surface area contributed by atoms with Gasteiger partial charge in [0, 0.05) is 19.6 Å². The van der Waals surface area contributed by atoms with Crippen molar-refractivity contribution in [3.8, 4) is 0 Å². The largest absolute Gasteiger partial charge is 0.481 e. The van der Waals surface area contributed by atoms with Crippen molar-refractivity contribution in [2.75, 3.05) is 13.2 Å². The molecule has 3 rings (SSSR count). The topological polar surface area (TPSA) is 130 Å². The van der Waals surface area contributed by atoms with Gasteiger partial charge in [0.15, 0.2) is 0 Å². The lowest BCUT2D eigenvalue weighted by Crippen LogP contribution is -2.53. The van der Waals surface area contributed by atoms with E-state index in [1.807, 2.05) is 0 Å². The maximum atomic E-state index is 12.5. The maximum Gasteiger partial charge on any atom is 0.305 e. The second kappa shape index (κ2) is 7.75. The van der Waals surface area contributed by atoms with E-state index in [0.717, 1.165) is 4.68 Å². The number of carbonyl (C=O) groups excluding carboxylic acids is 1. The van der Waals surface area contributed by atoms with Crippen LogP contribution >= 0.6 is 0 Å². The number of H-pyrrole nitrogens is 1. The van der Waals surface area contributed by atoms with E-state index in [4.69, 9.17) is 9.84 Å². The molecule has 0 unspecified atom stereocenters. The Morgan fingerprint density at radius 2 is 1.85 bits per heavy atom. The van der Waals surface area contributed by atoms with Crippen molar-refractivity contribution in [3.63, 3.8) is 0 Å². The highest BCUT2D eigenvalue weighted by Crippen LogP contribution is 2.24. The van der Waals surface area contributed by atoms with Gasteiger partial charge in [0.1, 0.15) is 0 Å². The van der Waals surface area contributed by atoms with Crippen LogP contribution in [-0.2, 0) is 20.9 Å². The number of rotatable bonds is 6. The number of ether oxygens (including phenoxy) is 1. The Kier molecular flexibility index (Phi) is 5.41. The van der Waals surface area contributed by atoms with Crippen LogP contribution in [0.5, 0.6) is 0 Å². The van der Waals surface area contributed by atoms with E-state index < -0.39 is 17.1 Å². The Morgan fingerprint density at radius 1 is 1.19 bits per heavy atom. The van der Waals surface area contributed by atoms with Crippen LogP contribution in [0.15, 0.2) is 33.9 Å². The minimum Gasteiger partial charge on any atom is -0.481 e. The molecule has 2 heterocycles. The number of aromatic nitrogens is 2. The number of fused-ring (bicyclic) bond motifs is 1. The van der Waals surface area contributed by atoms with E-state index in [2.05, 4.69) is 10.4 Å². The number of nitrogens with zero attached hydrogens (tertiary/aromatic N) is 1. The number of nitrogens with one attached hydrogen (secondary N) is 2. The first-order valence-electron chi connectivity index (χ1n) is 8.73. The zero-order valence-electron chi connectivity index (χ0n) is 14.7. The lowest BCUT2D eigenvalue weighted by molar-refractivity contribution is -0.140. The van der Waals surface area contributed by atoms with Crippen molar-refractivity contribution in [1.82, 2.24) is 15.1 Å². The first-order chi connectivity index (χ1) is 12.9. The monoisotopic (exact) mass is 375 g/mol. The second-order valence-electron chi connectivity index (χ2n) is 6.70. The molecule has 1 aromatic heterocycles. The Hall–Kier alpha value is -2.94. The zero-order valence-corrected chi connectivity index (χ0v) is 14.7. The molecule has 0 saturated carbocycles. The molecular formula is C18H21N3O6. The minimum atomic E-state index is -0.993. The van der Waals surface area contributed by atoms with Crippen LogP contribution in [0.25, 0.3) is 10.8 Å². The molecule has 1 aromatic carbocycles. The summed E-state index contributed by atoms with van der Waals surface area (Å²) in [6.07, 6.45) is 0.584. The van der Waals surface area contributed by atoms with Gasteiger partial charge in [-0.3, -0.25) is 24.3 Å². The van der Waals surface area contributed by atoms with Gasteiger partial charge in [-0.05, 0) is 25.0 Å². The summed E-state index contributed by atoms with van der Waals surface area (Å²) < 4.78 is 6.37. The number of carbonyl (C=O) groups is 2. The van der Waals surface area contributed by atoms with Gasteiger partial charge < -0.3 is 15.2 Å². The van der Waals surface area contributed by atoms with E-state index >= 15 is 0 Å². The van der Waals surface area contributed by atoms with Crippen LogP contribution in [-0.4, -0.2) is 45.5 Å². The number of amides is 1. The van der Waals surface area contributed by atoms with Crippen molar-refractivity contribution >= 4 is 22.6 Å². The second-order valence-corrected chi connectivity index (χ2v) is 6.70. The van der Waals surface area contributed by atoms with E-state index in [1.54, 1.807) is 24.3 Å². The molecule has 9 heteroatoms. The van der Waals surface area contributed by atoms with Crippen LogP contribution in [0.4, 0.5) is 0 Å². The molecule has 0 radical (unpaired) electrons. The van der Waals surface area contributed by atoms with Gasteiger partial charge in [-0.1, -0.05) is 12.1 Å². The van der Waals surface area contributed by atoms with Crippen LogP contribution in [0, 0.1) is 0 Å². The van der Waals surface area contributed by atoms with Crippen molar-refractivity contribution in [1.29, 1.82) is 0 Å². The Bertz CT molecular complexity index is 971. The molecule has 27 heavy (non-hydrogen) atoms. The third-order valence-corrected chi connectivity index (χ3v) is 4.79. The van der Waals surface area contributed by atoms with Gasteiger partial charge in [-0.2, -0.15) is 0 Å². The average Bonchev–Trinajstić information content (AvgIpc) is 2.63. The summed E-state index contributed by atoms with van der Waals surface area (Å²) >= 11 is 0. The van der Waals surface area contributed by atoms with Gasteiger partial charge in [0.2, 0.25) is 5.91 Å². The summed E-state index contributed by atoms with van der Waals surface area (Å²) in [4.78, 5) is 48.1. The fraction of sp³-hybridized carbons (Fsp3) is 0.444. The van der Waals surface area contributed by atoms with E-state index in [1.165, 1.54) is 0 Å². The van der Waals surface area contributed by atoms with Gasteiger partial charge in [0.05, 0.1) is 29.3 Å². The normalized spacial score (nSPS) is 16.1. The third-order valence-electron chi connectivity index (χ3n) is 4.79. The summed E-state index contributed by atoms with van der Waals surface area (Å²) in [5.41, 5.74) is -1.63. The van der Waals surface area contributed by atoms with Crippen molar-refractivity contribution in [3.05, 3.63) is 45.0 Å². The highest BCUT2D eigenvalue weighted by Gasteiger charge is 2.36. The predicted molar refractivity (Wildman–Crippen MR) is 96.6 cm³/mol. The maximum absolute atomic E-state index is 12.5. The lowest BCUT2D eigenvalue weighted by Gasteiger charge is -2.36. The fourth-order valence-corrected chi connectivity index (χ4v) is 3.37. The molecule has 1 fully saturated rings. The lowest BCUT2D eigenvalue weighted by atomic mass is 9.86. The number of aryl methyl sites for hydroxylation is 1. The number of hydrogen-bond donors (Lipinski definition) is 3. The average molecular weight is 375 g/mol. The van der Waals surface area contributed by atoms with Crippen molar-refractivity contribution in [2.24, 2.45) is 0 Å².